The van der Waals surface area contributed by atoms with Gasteiger partial charge in [-0.1, -0.05) is 6.07 Å². The summed E-state index contributed by atoms with van der Waals surface area (Å²) in [4.78, 5) is 15.8. The summed E-state index contributed by atoms with van der Waals surface area (Å²) in [5.41, 5.74) is 2.09. The van der Waals surface area contributed by atoms with Gasteiger partial charge in [-0.25, -0.2) is 14.2 Å². The van der Waals surface area contributed by atoms with E-state index in [9.17, 15) is 14.2 Å². The highest BCUT2D eigenvalue weighted by atomic mass is 19.1. The predicted molar refractivity (Wildman–Crippen MR) is 92.0 cm³/mol. The minimum atomic E-state index is -0.931. The number of carbonyl (C=O) groups excluding carboxylic acids is 1. The fraction of sp³-hybridized carbons (Fsp3) is 0.111. The number of fused-ring (bicyclic) bond motifs is 2. The lowest BCUT2D eigenvalue weighted by Gasteiger charge is -2.09. The Morgan fingerprint density at radius 3 is 2.92 bits per heavy atom. The van der Waals surface area contributed by atoms with Gasteiger partial charge in [-0.2, -0.15) is 0 Å². The summed E-state index contributed by atoms with van der Waals surface area (Å²) >= 11 is 0. The predicted octanol–water partition coefficient (Wildman–Crippen LogP) is 2.17. The monoisotopic (exact) mass is 353 g/mol. The number of carbonyl (C=O) groups is 1. The summed E-state index contributed by atoms with van der Waals surface area (Å²) in [6.07, 6.45) is 0. The largest absolute Gasteiger partial charge is 0.491 e. The molecular weight excluding hydrogens is 340 g/mol. The van der Waals surface area contributed by atoms with Crippen molar-refractivity contribution in [2.75, 3.05) is 7.11 Å². The van der Waals surface area contributed by atoms with Gasteiger partial charge < -0.3 is 19.2 Å². The van der Waals surface area contributed by atoms with Crippen LogP contribution in [0, 0.1) is 5.82 Å². The number of ether oxygens (including phenoxy) is 2. The first-order valence-electron chi connectivity index (χ1n) is 7.84. The lowest BCUT2D eigenvalue weighted by atomic mass is 9.80. The van der Waals surface area contributed by atoms with Crippen LogP contribution in [0.5, 0.6) is 11.6 Å². The first kappa shape index (κ1) is 16.5. The normalized spacial score (nSPS) is 13.0. The van der Waals surface area contributed by atoms with Crippen molar-refractivity contribution in [3.05, 3.63) is 59.4 Å². The first-order chi connectivity index (χ1) is 12.5. The average Bonchev–Trinajstić information content (AvgIpc) is 3.01. The van der Waals surface area contributed by atoms with Crippen molar-refractivity contribution in [2.24, 2.45) is 0 Å². The summed E-state index contributed by atoms with van der Waals surface area (Å²) in [7, 11) is 0.331. The second kappa shape index (κ2) is 6.40. The van der Waals surface area contributed by atoms with Crippen molar-refractivity contribution >= 4 is 29.5 Å². The van der Waals surface area contributed by atoms with Crippen molar-refractivity contribution in [2.45, 2.75) is 6.61 Å². The van der Waals surface area contributed by atoms with Crippen molar-refractivity contribution in [3.8, 4) is 11.6 Å². The lowest BCUT2D eigenvalue weighted by molar-refractivity contribution is 0.0601. The van der Waals surface area contributed by atoms with E-state index in [0.29, 0.717) is 16.7 Å². The number of halogens is 1. The minimum Gasteiger partial charge on any atom is -0.465 e. The number of esters is 1. The zero-order valence-electron chi connectivity index (χ0n) is 13.7. The Labute approximate surface area is 148 Å². The van der Waals surface area contributed by atoms with E-state index in [2.05, 4.69) is 9.72 Å². The van der Waals surface area contributed by atoms with Crippen LogP contribution >= 0.6 is 0 Å². The van der Waals surface area contributed by atoms with Crippen LogP contribution in [-0.4, -0.2) is 30.2 Å². The van der Waals surface area contributed by atoms with Crippen LogP contribution in [0.2, 0.25) is 0 Å². The highest BCUT2D eigenvalue weighted by Gasteiger charge is 2.27. The van der Waals surface area contributed by atoms with Gasteiger partial charge in [0.05, 0.1) is 24.8 Å². The second-order valence-corrected chi connectivity index (χ2v) is 5.79. The molecule has 4 rings (SSSR count). The first-order valence-corrected chi connectivity index (χ1v) is 7.84. The molecule has 2 heterocycles. The third-order valence-corrected chi connectivity index (χ3v) is 4.16. The maximum Gasteiger partial charge on any atom is 0.491 e. The van der Waals surface area contributed by atoms with E-state index < -0.39 is 18.9 Å². The molecule has 6 nitrogen and oxygen atoms in total. The summed E-state index contributed by atoms with van der Waals surface area (Å²) in [6, 6.07) is 10.7. The highest BCUT2D eigenvalue weighted by Crippen LogP contribution is 2.27. The van der Waals surface area contributed by atoms with Crippen molar-refractivity contribution in [1.29, 1.82) is 0 Å². The van der Waals surface area contributed by atoms with E-state index in [-0.39, 0.29) is 23.4 Å². The molecule has 0 spiro atoms. The Kier molecular flexibility index (Phi) is 4.06. The molecule has 1 aromatic heterocycles. The summed E-state index contributed by atoms with van der Waals surface area (Å²) in [5, 5.41) is 9.84. The van der Waals surface area contributed by atoms with Crippen molar-refractivity contribution in [1.82, 2.24) is 4.98 Å². The van der Waals surface area contributed by atoms with Gasteiger partial charge in [0.15, 0.2) is 0 Å². The zero-order chi connectivity index (χ0) is 18.3. The van der Waals surface area contributed by atoms with E-state index in [1.807, 2.05) is 0 Å². The molecule has 1 aliphatic rings. The van der Waals surface area contributed by atoms with E-state index in [4.69, 9.17) is 9.39 Å². The number of benzene rings is 2. The molecule has 130 valence electrons. The second-order valence-electron chi connectivity index (χ2n) is 5.79. The topological polar surface area (TPSA) is 77.9 Å². The molecule has 1 aliphatic heterocycles. The highest BCUT2D eigenvalue weighted by molar-refractivity contribution is 6.61. The quantitative estimate of drug-likeness (QED) is 0.575. The van der Waals surface area contributed by atoms with Crippen LogP contribution in [0.3, 0.4) is 0 Å². The van der Waals surface area contributed by atoms with Crippen LogP contribution in [0.4, 0.5) is 4.39 Å². The molecule has 0 amide bonds. The van der Waals surface area contributed by atoms with Gasteiger partial charge in [-0.15, -0.1) is 0 Å². The minimum absolute atomic E-state index is 0.0835. The smallest absolute Gasteiger partial charge is 0.465 e. The number of nitrogens with zero attached hydrogens (tertiary/aromatic N) is 1. The molecule has 0 fully saturated rings. The number of methoxy groups -OCH3 is 1. The zero-order valence-corrected chi connectivity index (χ0v) is 13.7. The molecule has 3 aromatic rings. The Morgan fingerprint density at radius 1 is 1.27 bits per heavy atom. The summed E-state index contributed by atoms with van der Waals surface area (Å²) < 4.78 is 29.9. The Morgan fingerprint density at radius 2 is 2.12 bits per heavy atom. The number of hydrogen-bond donors (Lipinski definition) is 1. The van der Waals surface area contributed by atoms with E-state index in [1.54, 1.807) is 18.2 Å². The number of hydrogen-bond acceptors (Lipinski definition) is 6. The molecule has 0 saturated carbocycles. The Hall–Kier alpha value is -2.97. The van der Waals surface area contributed by atoms with Crippen LogP contribution < -0.4 is 10.2 Å². The van der Waals surface area contributed by atoms with Gasteiger partial charge in [0.2, 0.25) is 5.88 Å². The number of rotatable bonds is 3. The molecule has 8 heteroatoms. The van der Waals surface area contributed by atoms with Gasteiger partial charge in [0, 0.05) is 11.5 Å². The summed E-state index contributed by atoms with van der Waals surface area (Å²) in [5.74, 6) is -0.566. The van der Waals surface area contributed by atoms with E-state index >= 15 is 0 Å². The van der Waals surface area contributed by atoms with Crippen LogP contribution in [0.1, 0.15) is 15.9 Å². The van der Waals surface area contributed by atoms with Gasteiger partial charge in [0.1, 0.15) is 11.6 Å². The number of aromatic nitrogens is 1. The Balaban J connectivity index is 1.66. The maximum atomic E-state index is 14.4. The fourth-order valence-corrected chi connectivity index (χ4v) is 2.85. The standard InChI is InChI=1S/C18H13BFNO5/c1-24-18(22)10-2-5-16-13(7-10)15(20)8-17(21-16)26-12-3-4-14-11(6-12)9-25-19(14)23/h2-8,23H,9H2,1H3. The molecule has 0 radical (unpaired) electrons. The molecule has 0 aliphatic carbocycles. The van der Waals surface area contributed by atoms with Crippen LogP contribution in [-0.2, 0) is 16.0 Å². The van der Waals surface area contributed by atoms with Gasteiger partial charge in [-0.05, 0) is 41.4 Å². The Bertz CT molecular complexity index is 1030. The SMILES string of the molecule is COC(=O)c1ccc2nc(Oc3ccc4c(c3)COB4O)cc(F)c2c1. The third-order valence-electron chi connectivity index (χ3n) is 4.16. The van der Waals surface area contributed by atoms with Gasteiger partial charge in [0.25, 0.3) is 0 Å². The van der Waals surface area contributed by atoms with Gasteiger partial charge in [-0.3, -0.25) is 0 Å². The van der Waals surface area contributed by atoms with Crippen LogP contribution in [0.25, 0.3) is 10.9 Å². The maximum absolute atomic E-state index is 14.4. The molecular formula is C18H13BFNO5. The van der Waals surface area contributed by atoms with Crippen molar-refractivity contribution in [3.63, 3.8) is 0 Å². The van der Waals surface area contributed by atoms with Crippen molar-refractivity contribution < 1.29 is 28.3 Å². The fourth-order valence-electron chi connectivity index (χ4n) is 2.85. The van der Waals surface area contributed by atoms with Gasteiger partial charge >= 0.3 is 13.1 Å². The summed E-state index contributed by atoms with van der Waals surface area (Å²) in [6.45, 7) is 0.281. The molecule has 26 heavy (non-hydrogen) atoms. The lowest BCUT2D eigenvalue weighted by Crippen LogP contribution is -2.27. The molecule has 0 bridgehead atoms. The van der Waals surface area contributed by atoms with E-state index in [1.165, 1.54) is 25.3 Å². The number of pyridine rings is 1. The molecule has 0 saturated heterocycles. The van der Waals surface area contributed by atoms with E-state index in [0.717, 1.165) is 11.6 Å². The molecule has 1 N–H and O–H groups in total. The molecule has 0 atom stereocenters. The molecule has 2 aromatic carbocycles. The van der Waals surface area contributed by atoms with Crippen LogP contribution in [0.15, 0.2) is 42.5 Å². The molecule has 0 unspecified atom stereocenters. The third kappa shape index (κ3) is 2.89. The average molecular weight is 353 g/mol.